The van der Waals surface area contributed by atoms with Crippen LogP contribution in [0.15, 0.2) is 36.4 Å². The number of benzene rings is 2. The molecule has 0 spiro atoms. The van der Waals surface area contributed by atoms with E-state index in [9.17, 15) is 9.59 Å². The van der Waals surface area contributed by atoms with Crippen molar-refractivity contribution < 1.29 is 23.8 Å². The van der Waals surface area contributed by atoms with Crippen molar-refractivity contribution in [1.29, 1.82) is 0 Å². The van der Waals surface area contributed by atoms with Crippen LogP contribution in [0.1, 0.15) is 17.3 Å². The third-order valence-corrected chi connectivity index (χ3v) is 4.28. The lowest BCUT2D eigenvalue weighted by atomic mass is 10.1. The van der Waals surface area contributed by atoms with E-state index in [2.05, 4.69) is 5.32 Å². The van der Waals surface area contributed by atoms with Crippen molar-refractivity contribution in [3.63, 3.8) is 0 Å². The largest absolute Gasteiger partial charge is 0.497 e. The van der Waals surface area contributed by atoms with E-state index in [4.69, 9.17) is 37.4 Å². The maximum atomic E-state index is 12.4. The average molecular weight is 398 g/mol. The summed E-state index contributed by atoms with van der Waals surface area (Å²) in [6.45, 7) is 1.55. The topological polar surface area (TPSA) is 73.9 Å². The molecule has 2 rings (SSSR count). The van der Waals surface area contributed by atoms with Gasteiger partial charge >= 0.3 is 5.97 Å². The Hall–Kier alpha value is -2.44. The van der Waals surface area contributed by atoms with Crippen LogP contribution in [0.5, 0.6) is 11.5 Å². The molecule has 0 fully saturated rings. The Morgan fingerprint density at radius 1 is 1.12 bits per heavy atom. The molecule has 0 aliphatic rings. The number of nitrogens with one attached hydrogen (secondary N) is 1. The van der Waals surface area contributed by atoms with Crippen LogP contribution in [0.2, 0.25) is 10.0 Å². The lowest BCUT2D eigenvalue weighted by Gasteiger charge is -2.17. The monoisotopic (exact) mass is 397 g/mol. The Morgan fingerprint density at radius 3 is 2.50 bits per heavy atom. The van der Waals surface area contributed by atoms with E-state index in [-0.39, 0.29) is 22.0 Å². The summed E-state index contributed by atoms with van der Waals surface area (Å²) in [5.41, 5.74) is 0.434. The Bertz CT molecular complexity index is 825. The summed E-state index contributed by atoms with van der Waals surface area (Å²) in [5.74, 6) is -0.342. The molecule has 0 heterocycles. The molecule has 0 aliphatic carbocycles. The number of hydrogen-bond acceptors (Lipinski definition) is 5. The first-order valence-electron chi connectivity index (χ1n) is 7.55. The molecule has 0 saturated heterocycles. The van der Waals surface area contributed by atoms with Gasteiger partial charge in [-0.3, -0.25) is 4.79 Å². The van der Waals surface area contributed by atoms with Gasteiger partial charge in [0.05, 0.1) is 30.5 Å². The zero-order chi connectivity index (χ0) is 19.3. The second-order valence-corrected chi connectivity index (χ2v) is 5.99. The molecule has 1 amide bonds. The minimum atomic E-state index is -0.890. The lowest BCUT2D eigenvalue weighted by Crippen LogP contribution is -2.31. The lowest BCUT2D eigenvalue weighted by molar-refractivity contribution is -0.122. The van der Waals surface area contributed by atoms with Crippen LogP contribution < -0.4 is 14.8 Å². The first-order valence-corrected chi connectivity index (χ1v) is 8.30. The molecule has 1 N–H and O–H groups in total. The van der Waals surface area contributed by atoms with Crippen molar-refractivity contribution in [1.82, 2.24) is 0 Å². The van der Waals surface area contributed by atoms with Gasteiger partial charge < -0.3 is 19.5 Å². The highest BCUT2D eigenvalue weighted by atomic mass is 35.5. The van der Waals surface area contributed by atoms with Gasteiger partial charge in [0, 0.05) is 0 Å². The van der Waals surface area contributed by atoms with Crippen LogP contribution in [-0.2, 0) is 9.53 Å². The highest BCUT2D eigenvalue weighted by Gasteiger charge is 2.20. The fourth-order valence-electron chi connectivity index (χ4n) is 2.09. The third kappa shape index (κ3) is 4.59. The molecule has 0 aliphatic heterocycles. The van der Waals surface area contributed by atoms with Gasteiger partial charge in [0.2, 0.25) is 0 Å². The number of rotatable bonds is 6. The van der Waals surface area contributed by atoms with Gasteiger partial charge in [-0.2, -0.15) is 0 Å². The Morgan fingerprint density at radius 2 is 1.85 bits per heavy atom. The minimum absolute atomic E-state index is 0.160. The van der Waals surface area contributed by atoms with E-state index in [1.807, 2.05) is 0 Å². The van der Waals surface area contributed by atoms with Crippen LogP contribution in [-0.4, -0.2) is 32.2 Å². The van der Waals surface area contributed by atoms with Crippen molar-refractivity contribution >= 4 is 40.8 Å². The van der Waals surface area contributed by atoms with Crippen LogP contribution in [0, 0.1) is 0 Å². The standard InChI is InChI=1S/C18H17Cl2NO5/c1-10(26-15-6-4-5-13(19)16(15)20)17(22)21-14-8-7-11(24-2)9-12(14)18(23)25-3/h4-10H,1-3H3,(H,21,22). The fraction of sp³-hybridized carbons (Fsp3) is 0.222. The quantitative estimate of drug-likeness (QED) is 0.739. The first-order chi connectivity index (χ1) is 12.4. The molecule has 2 aromatic carbocycles. The van der Waals surface area contributed by atoms with E-state index in [1.165, 1.54) is 20.3 Å². The number of halogens is 2. The Balaban J connectivity index is 2.18. The predicted molar refractivity (Wildman–Crippen MR) is 99.5 cm³/mol. The summed E-state index contributed by atoms with van der Waals surface area (Å²) in [6.07, 6.45) is -0.890. The van der Waals surface area contributed by atoms with Gasteiger partial charge in [-0.25, -0.2) is 4.79 Å². The third-order valence-electron chi connectivity index (χ3n) is 3.48. The highest BCUT2D eigenvalue weighted by molar-refractivity contribution is 6.42. The van der Waals surface area contributed by atoms with Gasteiger partial charge in [0.25, 0.3) is 5.91 Å². The molecule has 1 unspecified atom stereocenters. The summed E-state index contributed by atoms with van der Waals surface area (Å²) in [6, 6.07) is 9.50. The summed E-state index contributed by atoms with van der Waals surface area (Å²) >= 11 is 12.0. The van der Waals surface area contributed by atoms with E-state index in [1.54, 1.807) is 37.3 Å². The smallest absolute Gasteiger partial charge is 0.340 e. The number of carbonyl (C=O) groups excluding carboxylic acids is 2. The van der Waals surface area contributed by atoms with Gasteiger partial charge in [-0.15, -0.1) is 0 Å². The van der Waals surface area contributed by atoms with E-state index < -0.39 is 18.0 Å². The van der Waals surface area contributed by atoms with Crippen LogP contribution in [0.4, 0.5) is 5.69 Å². The van der Waals surface area contributed by atoms with Crippen molar-refractivity contribution in [2.24, 2.45) is 0 Å². The SMILES string of the molecule is COC(=O)c1cc(OC)ccc1NC(=O)C(C)Oc1cccc(Cl)c1Cl. The molecule has 0 bridgehead atoms. The van der Waals surface area contributed by atoms with E-state index in [0.29, 0.717) is 10.8 Å². The van der Waals surface area contributed by atoms with Crippen molar-refractivity contribution in [2.45, 2.75) is 13.0 Å². The number of amides is 1. The van der Waals surface area contributed by atoms with Crippen LogP contribution >= 0.6 is 23.2 Å². The second kappa shape index (κ2) is 8.78. The summed E-state index contributed by atoms with van der Waals surface area (Å²) in [7, 11) is 2.72. The minimum Gasteiger partial charge on any atom is -0.497 e. The molecular weight excluding hydrogens is 381 g/mol. The number of esters is 1. The average Bonchev–Trinajstić information content (AvgIpc) is 2.64. The molecule has 0 aromatic heterocycles. The molecule has 1 atom stereocenters. The molecule has 8 heteroatoms. The zero-order valence-corrected chi connectivity index (χ0v) is 15.9. The number of methoxy groups -OCH3 is 2. The Labute approximate surface area is 160 Å². The molecule has 138 valence electrons. The predicted octanol–water partition coefficient (Wildman–Crippen LogP) is 4.19. The molecule has 26 heavy (non-hydrogen) atoms. The van der Waals surface area contributed by atoms with Crippen LogP contribution in [0.3, 0.4) is 0 Å². The summed E-state index contributed by atoms with van der Waals surface area (Å²) in [5, 5.41) is 3.17. The van der Waals surface area contributed by atoms with Crippen molar-refractivity contribution in [3.8, 4) is 11.5 Å². The van der Waals surface area contributed by atoms with Crippen molar-refractivity contribution in [2.75, 3.05) is 19.5 Å². The normalized spacial score (nSPS) is 11.4. The number of ether oxygens (including phenoxy) is 3. The number of anilines is 1. The molecular formula is C18H17Cl2NO5. The van der Waals surface area contributed by atoms with Gasteiger partial charge in [-0.1, -0.05) is 29.3 Å². The van der Waals surface area contributed by atoms with E-state index >= 15 is 0 Å². The number of carbonyl (C=O) groups is 2. The van der Waals surface area contributed by atoms with E-state index in [0.717, 1.165) is 0 Å². The highest BCUT2D eigenvalue weighted by Crippen LogP contribution is 2.32. The maximum Gasteiger partial charge on any atom is 0.340 e. The van der Waals surface area contributed by atoms with Gasteiger partial charge in [0.15, 0.2) is 6.10 Å². The van der Waals surface area contributed by atoms with Crippen LogP contribution in [0.25, 0.3) is 0 Å². The summed E-state index contributed by atoms with van der Waals surface area (Å²) in [4.78, 5) is 24.4. The van der Waals surface area contributed by atoms with Gasteiger partial charge in [-0.05, 0) is 37.3 Å². The first kappa shape index (κ1) is 19.9. The summed E-state index contributed by atoms with van der Waals surface area (Å²) < 4.78 is 15.4. The molecule has 6 nitrogen and oxygen atoms in total. The number of hydrogen-bond donors (Lipinski definition) is 1. The zero-order valence-electron chi connectivity index (χ0n) is 14.3. The maximum absolute atomic E-state index is 12.4. The Kier molecular flexibility index (Phi) is 6.71. The molecule has 0 saturated carbocycles. The fourth-order valence-corrected chi connectivity index (χ4v) is 2.43. The molecule has 0 radical (unpaired) electrons. The van der Waals surface area contributed by atoms with Gasteiger partial charge in [0.1, 0.15) is 16.5 Å². The second-order valence-electron chi connectivity index (χ2n) is 5.20. The molecule has 2 aromatic rings. The van der Waals surface area contributed by atoms with Crippen molar-refractivity contribution in [3.05, 3.63) is 52.0 Å².